The number of ether oxygens (including phenoxy) is 2. The van der Waals surface area contributed by atoms with Crippen LogP contribution in [0.2, 0.25) is 0 Å². The van der Waals surface area contributed by atoms with Gasteiger partial charge in [0.15, 0.2) is 0 Å². The number of fused-ring (bicyclic) bond motifs is 3. The van der Waals surface area contributed by atoms with E-state index in [2.05, 4.69) is 30.4 Å². The van der Waals surface area contributed by atoms with Crippen LogP contribution in [0.1, 0.15) is 6.42 Å². The molecule has 114 valence electrons. The summed E-state index contributed by atoms with van der Waals surface area (Å²) in [4.78, 5) is 24.5. The first kappa shape index (κ1) is 13.6. The summed E-state index contributed by atoms with van der Waals surface area (Å²) in [5.74, 6) is 0.726. The molecule has 0 radical (unpaired) electrons. The number of carbonyl (C=O) groups excluding carboxylic acids is 2. The summed E-state index contributed by atoms with van der Waals surface area (Å²) in [6, 6.07) is 0. The molecule has 0 saturated heterocycles. The number of hydrogen-bond donors (Lipinski definition) is 0. The second kappa shape index (κ2) is 4.70. The van der Waals surface area contributed by atoms with Crippen LogP contribution in [0.3, 0.4) is 0 Å². The fourth-order valence-electron chi connectivity index (χ4n) is 4.73. The number of rotatable bonds is 2. The van der Waals surface area contributed by atoms with Gasteiger partial charge in [-0.2, -0.15) is 0 Å². The van der Waals surface area contributed by atoms with E-state index in [-0.39, 0.29) is 11.8 Å². The molecular weight excluding hydrogens is 280 g/mol. The Bertz CT molecular complexity index is 679. The molecule has 0 aromatic carbocycles. The molecule has 0 N–H and O–H groups in total. The maximum Gasteiger partial charge on any atom is 0.334 e. The van der Waals surface area contributed by atoms with E-state index in [1.165, 1.54) is 19.8 Å². The van der Waals surface area contributed by atoms with E-state index in [9.17, 15) is 9.59 Å². The minimum Gasteiger partial charge on any atom is -0.466 e. The summed E-state index contributed by atoms with van der Waals surface area (Å²) in [6.07, 6.45) is 11.5. The standard InChI is InChI=1S/C18H18O4/c1-21-17(19)13-8-7-11-10-5-3-9-4-6-12(14(9)10)15(11)16(13)18(20)22-2/h3-7,9-10,12,14-15H,8H2,1-2H3/t9-,10+,12+,14+,15?/m0/s1. The van der Waals surface area contributed by atoms with E-state index in [0.29, 0.717) is 35.3 Å². The molecule has 5 atom stereocenters. The Kier molecular flexibility index (Phi) is 2.90. The molecular formula is C18H18O4. The molecule has 1 fully saturated rings. The van der Waals surface area contributed by atoms with Crippen molar-refractivity contribution in [1.29, 1.82) is 0 Å². The van der Waals surface area contributed by atoms with Crippen LogP contribution in [-0.2, 0) is 19.1 Å². The average molecular weight is 298 g/mol. The molecule has 0 aromatic rings. The highest BCUT2D eigenvalue weighted by Gasteiger charge is 2.55. The Balaban J connectivity index is 1.84. The molecule has 4 aliphatic rings. The SMILES string of the molecule is COC(=O)C1=C(C(=O)OC)C2C(=CC1)[C@H]1C=C[C@H]3C=C[C@@H]2[C@H]31. The lowest BCUT2D eigenvalue weighted by atomic mass is 9.78. The molecule has 0 aliphatic heterocycles. The molecule has 0 amide bonds. The Morgan fingerprint density at radius 1 is 1.05 bits per heavy atom. The summed E-state index contributed by atoms with van der Waals surface area (Å²) in [5, 5.41) is 0. The summed E-state index contributed by atoms with van der Waals surface area (Å²) in [5.41, 5.74) is 2.22. The van der Waals surface area contributed by atoms with Crippen molar-refractivity contribution in [2.45, 2.75) is 6.42 Å². The summed E-state index contributed by atoms with van der Waals surface area (Å²) in [6.45, 7) is 0. The number of esters is 2. The molecule has 4 heteroatoms. The molecule has 0 heterocycles. The van der Waals surface area contributed by atoms with Crippen molar-refractivity contribution >= 4 is 11.9 Å². The van der Waals surface area contributed by atoms with E-state index >= 15 is 0 Å². The lowest BCUT2D eigenvalue weighted by molar-refractivity contribution is -0.140. The topological polar surface area (TPSA) is 52.6 Å². The summed E-state index contributed by atoms with van der Waals surface area (Å²) >= 11 is 0. The van der Waals surface area contributed by atoms with Gasteiger partial charge in [0.25, 0.3) is 0 Å². The molecule has 22 heavy (non-hydrogen) atoms. The Hall–Kier alpha value is -2.10. The van der Waals surface area contributed by atoms with Crippen molar-refractivity contribution < 1.29 is 19.1 Å². The quantitative estimate of drug-likeness (QED) is 0.579. The molecule has 0 spiro atoms. The highest BCUT2D eigenvalue weighted by Crippen LogP contribution is 2.60. The van der Waals surface area contributed by atoms with Crippen molar-refractivity contribution in [3.8, 4) is 0 Å². The predicted octanol–water partition coefficient (Wildman–Crippen LogP) is 2.19. The highest BCUT2D eigenvalue weighted by atomic mass is 16.5. The van der Waals surface area contributed by atoms with Crippen LogP contribution in [-0.4, -0.2) is 26.2 Å². The van der Waals surface area contributed by atoms with Crippen molar-refractivity contribution in [1.82, 2.24) is 0 Å². The minimum atomic E-state index is -0.429. The monoisotopic (exact) mass is 298 g/mol. The molecule has 1 saturated carbocycles. The number of hydrogen-bond acceptors (Lipinski definition) is 4. The van der Waals surface area contributed by atoms with Crippen LogP contribution in [0, 0.1) is 29.6 Å². The zero-order chi connectivity index (χ0) is 15.4. The molecule has 0 bridgehead atoms. The molecule has 4 aliphatic carbocycles. The number of methoxy groups -OCH3 is 2. The maximum absolute atomic E-state index is 12.4. The molecule has 4 nitrogen and oxygen atoms in total. The second-order valence-electron chi connectivity index (χ2n) is 6.29. The van der Waals surface area contributed by atoms with E-state index in [0.717, 1.165) is 0 Å². The van der Waals surface area contributed by atoms with E-state index < -0.39 is 11.9 Å². The first-order chi connectivity index (χ1) is 10.7. The molecule has 4 rings (SSSR count). The zero-order valence-electron chi connectivity index (χ0n) is 12.6. The molecule has 1 unspecified atom stereocenters. The van der Waals surface area contributed by atoms with Gasteiger partial charge in [0.1, 0.15) is 0 Å². The van der Waals surface area contributed by atoms with Gasteiger partial charge in [-0.25, -0.2) is 9.59 Å². The average Bonchev–Trinajstić information content (AvgIpc) is 3.21. The second-order valence-corrected chi connectivity index (χ2v) is 6.29. The van der Waals surface area contributed by atoms with Crippen LogP contribution >= 0.6 is 0 Å². The van der Waals surface area contributed by atoms with Gasteiger partial charge in [-0.3, -0.25) is 0 Å². The Morgan fingerprint density at radius 2 is 1.77 bits per heavy atom. The lowest BCUT2D eigenvalue weighted by Gasteiger charge is -2.26. The van der Waals surface area contributed by atoms with Gasteiger partial charge >= 0.3 is 11.9 Å². The summed E-state index contributed by atoms with van der Waals surface area (Å²) < 4.78 is 9.85. The minimum absolute atomic E-state index is 0.0449. The first-order valence-corrected chi connectivity index (χ1v) is 7.63. The van der Waals surface area contributed by atoms with E-state index in [1.807, 2.05) is 0 Å². The lowest BCUT2D eigenvalue weighted by Crippen LogP contribution is -2.26. The van der Waals surface area contributed by atoms with Crippen LogP contribution in [0.4, 0.5) is 0 Å². The van der Waals surface area contributed by atoms with Gasteiger partial charge in [0.2, 0.25) is 0 Å². The normalized spacial score (nSPS) is 37.0. The smallest absolute Gasteiger partial charge is 0.334 e. The summed E-state index contributed by atoms with van der Waals surface area (Å²) in [7, 11) is 2.71. The van der Waals surface area contributed by atoms with Crippen LogP contribution in [0.5, 0.6) is 0 Å². The van der Waals surface area contributed by atoms with Gasteiger partial charge < -0.3 is 9.47 Å². The highest BCUT2D eigenvalue weighted by molar-refractivity contribution is 6.02. The van der Waals surface area contributed by atoms with E-state index in [4.69, 9.17) is 9.47 Å². The van der Waals surface area contributed by atoms with Crippen LogP contribution in [0.25, 0.3) is 0 Å². The van der Waals surface area contributed by atoms with Crippen molar-refractivity contribution in [3.05, 3.63) is 47.1 Å². The van der Waals surface area contributed by atoms with Crippen LogP contribution < -0.4 is 0 Å². The largest absolute Gasteiger partial charge is 0.466 e. The van der Waals surface area contributed by atoms with Gasteiger partial charge in [-0.05, 0) is 24.2 Å². The number of allylic oxidation sites excluding steroid dienone is 6. The van der Waals surface area contributed by atoms with Crippen molar-refractivity contribution in [2.75, 3.05) is 14.2 Å². The number of carbonyl (C=O) groups is 2. The van der Waals surface area contributed by atoms with Gasteiger partial charge in [0, 0.05) is 11.8 Å². The van der Waals surface area contributed by atoms with Gasteiger partial charge in [-0.1, -0.05) is 36.0 Å². The Labute approximate surface area is 129 Å². The van der Waals surface area contributed by atoms with Crippen molar-refractivity contribution in [3.63, 3.8) is 0 Å². The van der Waals surface area contributed by atoms with E-state index in [1.54, 1.807) is 0 Å². The fraction of sp³-hybridized carbons (Fsp3) is 0.444. The fourth-order valence-corrected chi connectivity index (χ4v) is 4.73. The van der Waals surface area contributed by atoms with Crippen molar-refractivity contribution in [2.24, 2.45) is 29.6 Å². The molecule has 0 aromatic heterocycles. The zero-order valence-corrected chi connectivity index (χ0v) is 12.6. The third kappa shape index (κ3) is 1.58. The Morgan fingerprint density at radius 3 is 2.50 bits per heavy atom. The predicted molar refractivity (Wildman–Crippen MR) is 79.5 cm³/mol. The third-order valence-electron chi connectivity index (χ3n) is 5.54. The van der Waals surface area contributed by atoms with Gasteiger partial charge in [-0.15, -0.1) is 0 Å². The third-order valence-corrected chi connectivity index (χ3v) is 5.54. The first-order valence-electron chi connectivity index (χ1n) is 7.63. The van der Waals surface area contributed by atoms with Crippen LogP contribution in [0.15, 0.2) is 47.1 Å². The van der Waals surface area contributed by atoms with Gasteiger partial charge in [0.05, 0.1) is 25.4 Å². The maximum atomic E-state index is 12.4.